The number of hydrogen-bond donors (Lipinski definition) is 2. The van der Waals surface area contributed by atoms with Crippen LogP contribution in [0.15, 0.2) is 72.8 Å². The summed E-state index contributed by atoms with van der Waals surface area (Å²) in [4.78, 5) is 40.3. The second kappa shape index (κ2) is 9.81. The Hall–Kier alpha value is -4.20. The van der Waals surface area contributed by atoms with E-state index in [9.17, 15) is 18.8 Å². The summed E-state index contributed by atoms with van der Waals surface area (Å²) in [6.45, 7) is 2.22. The van der Waals surface area contributed by atoms with Crippen molar-refractivity contribution in [2.24, 2.45) is 0 Å². The minimum Gasteiger partial charge on any atom is -0.438 e. The normalized spacial score (nSPS) is 19.1. The Labute approximate surface area is 208 Å². The first-order valence-corrected chi connectivity index (χ1v) is 11.9. The molecule has 1 aliphatic heterocycles. The van der Waals surface area contributed by atoms with E-state index in [0.29, 0.717) is 16.8 Å². The summed E-state index contributed by atoms with van der Waals surface area (Å²) in [6.07, 6.45) is 0.420. The zero-order valence-corrected chi connectivity index (χ0v) is 19.7. The molecule has 184 valence electrons. The minimum atomic E-state index is -0.859. The molecule has 3 aromatic rings. The number of carbonyl (C=O) groups is 3. The first kappa shape index (κ1) is 23.5. The third kappa shape index (κ3) is 5.22. The molecule has 1 saturated carbocycles. The van der Waals surface area contributed by atoms with E-state index in [-0.39, 0.29) is 18.5 Å². The van der Waals surface area contributed by atoms with Gasteiger partial charge in [-0.1, -0.05) is 42.0 Å². The van der Waals surface area contributed by atoms with Crippen molar-refractivity contribution in [1.82, 2.24) is 10.2 Å². The summed E-state index contributed by atoms with van der Waals surface area (Å²) in [5.41, 5.74) is 3.35. The number of cyclic esters (lactones) is 1. The SMILES string of the molecule is Cc1ccc(CN2C(=O)OC(c3cccc(NC(=O)c4ccc(F)cc4)c3)C2C(=O)NC2CC2)cc1. The van der Waals surface area contributed by atoms with Gasteiger partial charge in [0.2, 0.25) is 5.91 Å². The summed E-state index contributed by atoms with van der Waals surface area (Å²) in [7, 11) is 0. The van der Waals surface area contributed by atoms with Gasteiger partial charge in [0.25, 0.3) is 5.91 Å². The van der Waals surface area contributed by atoms with Crippen LogP contribution in [0.3, 0.4) is 0 Å². The number of nitrogens with zero attached hydrogens (tertiary/aromatic N) is 1. The highest BCUT2D eigenvalue weighted by molar-refractivity contribution is 6.04. The van der Waals surface area contributed by atoms with Gasteiger partial charge in [-0.2, -0.15) is 0 Å². The molecule has 7 nitrogen and oxygen atoms in total. The number of nitrogens with one attached hydrogen (secondary N) is 2. The molecule has 0 spiro atoms. The average Bonchev–Trinajstić information content (AvgIpc) is 3.62. The van der Waals surface area contributed by atoms with Gasteiger partial charge in [0, 0.05) is 17.3 Å². The molecular formula is C28H26FN3O4. The number of anilines is 1. The molecule has 8 heteroatoms. The molecule has 2 aliphatic rings. The number of halogens is 1. The Kier molecular flexibility index (Phi) is 6.41. The fourth-order valence-electron chi connectivity index (χ4n) is 4.21. The van der Waals surface area contributed by atoms with Crippen molar-refractivity contribution in [1.29, 1.82) is 0 Å². The van der Waals surface area contributed by atoms with Crippen molar-refractivity contribution < 1.29 is 23.5 Å². The summed E-state index contributed by atoms with van der Waals surface area (Å²) in [6, 6.07) is 19.1. The van der Waals surface area contributed by atoms with Gasteiger partial charge < -0.3 is 15.4 Å². The van der Waals surface area contributed by atoms with Crippen LogP contribution in [0.1, 0.15) is 46.0 Å². The quantitative estimate of drug-likeness (QED) is 0.505. The molecule has 2 atom stereocenters. The van der Waals surface area contributed by atoms with Gasteiger partial charge >= 0.3 is 6.09 Å². The van der Waals surface area contributed by atoms with Crippen LogP contribution >= 0.6 is 0 Å². The number of aryl methyl sites for hydroxylation is 1. The molecule has 36 heavy (non-hydrogen) atoms. The van der Waals surface area contributed by atoms with Gasteiger partial charge in [-0.25, -0.2) is 9.18 Å². The maximum atomic E-state index is 13.3. The smallest absolute Gasteiger partial charge is 0.411 e. The summed E-state index contributed by atoms with van der Waals surface area (Å²) >= 11 is 0. The Bertz CT molecular complexity index is 1290. The van der Waals surface area contributed by atoms with E-state index in [2.05, 4.69) is 10.6 Å². The topological polar surface area (TPSA) is 87.7 Å². The molecule has 3 amide bonds. The summed E-state index contributed by atoms with van der Waals surface area (Å²) < 4.78 is 18.9. The largest absolute Gasteiger partial charge is 0.438 e. The van der Waals surface area contributed by atoms with E-state index in [4.69, 9.17) is 4.74 Å². The van der Waals surface area contributed by atoms with Gasteiger partial charge in [-0.3, -0.25) is 14.5 Å². The predicted molar refractivity (Wildman–Crippen MR) is 132 cm³/mol. The van der Waals surface area contributed by atoms with Gasteiger partial charge in [0.1, 0.15) is 5.82 Å². The van der Waals surface area contributed by atoms with Gasteiger partial charge in [0.15, 0.2) is 12.1 Å². The van der Waals surface area contributed by atoms with Crippen LogP contribution in [-0.2, 0) is 16.1 Å². The molecule has 0 bridgehead atoms. The third-order valence-electron chi connectivity index (χ3n) is 6.33. The molecule has 0 aromatic heterocycles. The Balaban J connectivity index is 1.39. The number of rotatable bonds is 7. The summed E-state index contributed by atoms with van der Waals surface area (Å²) in [5, 5.41) is 5.78. The lowest BCUT2D eigenvalue weighted by molar-refractivity contribution is -0.126. The van der Waals surface area contributed by atoms with Crippen molar-refractivity contribution in [2.45, 2.75) is 44.5 Å². The molecule has 0 radical (unpaired) electrons. The van der Waals surface area contributed by atoms with Gasteiger partial charge in [-0.05, 0) is 67.3 Å². The van der Waals surface area contributed by atoms with Crippen LogP contribution in [-0.4, -0.2) is 34.9 Å². The highest BCUT2D eigenvalue weighted by atomic mass is 19.1. The molecule has 1 saturated heterocycles. The molecule has 1 heterocycles. The zero-order valence-electron chi connectivity index (χ0n) is 19.7. The van der Waals surface area contributed by atoms with Crippen molar-refractivity contribution in [2.75, 3.05) is 5.32 Å². The lowest BCUT2D eigenvalue weighted by Gasteiger charge is -2.24. The number of benzene rings is 3. The second-order valence-corrected chi connectivity index (χ2v) is 9.23. The second-order valence-electron chi connectivity index (χ2n) is 9.23. The van der Waals surface area contributed by atoms with Gasteiger partial charge in [-0.15, -0.1) is 0 Å². The Morgan fingerprint density at radius 1 is 1.03 bits per heavy atom. The first-order chi connectivity index (χ1) is 17.4. The van der Waals surface area contributed by atoms with E-state index in [0.717, 1.165) is 24.0 Å². The lowest BCUT2D eigenvalue weighted by Crippen LogP contribution is -2.46. The molecule has 3 aromatic carbocycles. The minimum absolute atomic E-state index is 0.122. The van der Waals surface area contributed by atoms with Crippen molar-refractivity contribution >= 4 is 23.6 Å². The van der Waals surface area contributed by atoms with Crippen molar-refractivity contribution in [3.63, 3.8) is 0 Å². The number of carbonyl (C=O) groups excluding carboxylic acids is 3. The van der Waals surface area contributed by atoms with Crippen LogP contribution < -0.4 is 10.6 Å². The number of ether oxygens (including phenoxy) is 1. The predicted octanol–water partition coefficient (Wildman–Crippen LogP) is 4.73. The molecule has 2 fully saturated rings. The van der Waals surface area contributed by atoms with Crippen molar-refractivity contribution in [3.05, 3.63) is 101 Å². The van der Waals surface area contributed by atoms with Crippen LogP contribution in [0, 0.1) is 12.7 Å². The standard InChI is InChI=1S/C28H26FN3O4/c1-17-5-7-18(8-6-17)16-32-24(27(34)30-22-13-14-22)25(36-28(32)35)20-3-2-4-23(15-20)31-26(33)19-9-11-21(29)12-10-19/h2-12,15,22,24-25H,13-14,16H2,1H3,(H,30,34)(H,31,33). The maximum absolute atomic E-state index is 13.3. The van der Waals surface area contributed by atoms with Crippen LogP contribution in [0.4, 0.5) is 14.9 Å². The molecule has 2 N–H and O–H groups in total. The first-order valence-electron chi connectivity index (χ1n) is 11.9. The number of amides is 3. The molecule has 1 aliphatic carbocycles. The molecule has 2 unspecified atom stereocenters. The van der Waals surface area contributed by atoms with Crippen LogP contribution in [0.5, 0.6) is 0 Å². The monoisotopic (exact) mass is 487 g/mol. The summed E-state index contributed by atoms with van der Waals surface area (Å²) in [5.74, 6) is -1.09. The Morgan fingerprint density at radius 2 is 1.75 bits per heavy atom. The van der Waals surface area contributed by atoms with Crippen molar-refractivity contribution in [3.8, 4) is 0 Å². The lowest BCUT2D eigenvalue weighted by atomic mass is 10.00. The van der Waals surface area contributed by atoms with E-state index < -0.39 is 30.0 Å². The van der Waals surface area contributed by atoms with E-state index in [1.54, 1.807) is 24.3 Å². The zero-order chi connectivity index (χ0) is 25.2. The van der Waals surface area contributed by atoms with Gasteiger partial charge in [0.05, 0.1) is 6.54 Å². The number of hydrogen-bond acceptors (Lipinski definition) is 4. The molecular weight excluding hydrogens is 461 g/mol. The van der Waals surface area contributed by atoms with E-state index in [1.807, 2.05) is 31.2 Å². The van der Waals surface area contributed by atoms with E-state index in [1.165, 1.54) is 29.2 Å². The maximum Gasteiger partial charge on any atom is 0.411 e. The average molecular weight is 488 g/mol. The van der Waals surface area contributed by atoms with Crippen LogP contribution in [0.2, 0.25) is 0 Å². The fraction of sp³-hybridized carbons (Fsp3) is 0.250. The highest BCUT2D eigenvalue weighted by Crippen LogP contribution is 2.35. The molecule has 5 rings (SSSR count). The third-order valence-corrected chi connectivity index (χ3v) is 6.33. The Morgan fingerprint density at radius 3 is 2.44 bits per heavy atom. The highest BCUT2D eigenvalue weighted by Gasteiger charge is 2.48. The van der Waals surface area contributed by atoms with Crippen LogP contribution in [0.25, 0.3) is 0 Å². The fourth-order valence-corrected chi connectivity index (χ4v) is 4.21. The van der Waals surface area contributed by atoms with E-state index >= 15 is 0 Å².